The van der Waals surface area contributed by atoms with Gasteiger partial charge in [-0.2, -0.15) is 0 Å². The Labute approximate surface area is 115 Å². The summed E-state index contributed by atoms with van der Waals surface area (Å²) in [5.41, 5.74) is 1.19. The molecule has 0 unspecified atom stereocenters. The Kier molecular flexibility index (Phi) is 5.98. The summed E-state index contributed by atoms with van der Waals surface area (Å²) in [7, 11) is 0. The summed E-state index contributed by atoms with van der Waals surface area (Å²) in [5.74, 6) is 0. The number of rotatable bonds is 7. The van der Waals surface area contributed by atoms with E-state index in [4.69, 9.17) is 11.6 Å². The molecule has 2 nitrogen and oxygen atoms in total. The van der Waals surface area contributed by atoms with Gasteiger partial charge in [0.1, 0.15) is 0 Å². The lowest BCUT2D eigenvalue weighted by molar-refractivity contribution is 0.329. The molecule has 0 aliphatic carbocycles. The second-order valence-electron chi connectivity index (χ2n) is 5.02. The third kappa shape index (κ3) is 4.60. The lowest BCUT2D eigenvalue weighted by Crippen LogP contribution is -2.22. The third-order valence-electron chi connectivity index (χ3n) is 3.55. The van der Waals surface area contributed by atoms with E-state index >= 15 is 0 Å². The highest BCUT2D eigenvalue weighted by atomic mass is 35.5. The van der Waals surface area contributed by atoms with Crippen LogP contribution < -0.4 is 5.32 Å². The maximum atomic E-state index is 6.10. The van der Waals surface area contributed by atoms with E-state index < -0.39 is 0 Å². The number of likely N-dealkylation sites (tertiary alicyclic amines) is 1. The van der Waals surface area contributed by atoms with Crippen molar-refractivity contribution < 1.29 is 0 Å². The predicted octanol–water partition coefficient (Wildman–Crippen LogP) is 3.31. The van der Waals surface area contributed by atoms with Crippen molar-refractivity contribution in [2.24, 2.45) is 0 Å². The first-order chi connectivity index (χ1) is 8.86. The van der Waals surface area contributed by atoms with Crippen molar-refractivity contribution in [3.63, 3.8) is 0 Å². The lowest BCUT2D eigenvalue weighted by atomic mass is 10.2. The van der Waals surface area contributed by atoms with Gasteiger partial charge < -0.3 is 10.2 Å². The van der Waals surface area contributed by atoms with Crippen LogP contribution in [0.1, 0.15) is 31.2 Å². The average molecular weight is 267 g/mol. The van der Waals surface area contributed by atoms with Crippen LogP contribution in [0.3, 0.4) is 0 Å². The van der Waals surface area contributed by atoms with Crippen molar-refractivity contribution >= 4 is 11.6 Å². The van der Waals surface area contributed by atoms with Crippen LogP contribution in [-0.2, 0) is 6.54 Å². The molecule has 1 aliphatic heterocycles. The quantitative estimate of drug-likeness (QED) is 0.762. The smallest absolute Gasteiger partial charge is 0.0450 e. The van der Waals surface area contributed by atoms with Gasteiger partial charge in [-0.3, -0.25) is 0 Å². The molecule has 2 rings (SSSR count). The number of hydrogen-bond acceptors (Lipinski definition) is 2. The predicted molar refractivity (Wildman–Crippen MR) is 78.1 cm³/mol. The summed E-state index contributed by atoms with van der Waals surface area (Å²) in [4.78, 5) is 2.58. The van der Waals surface area contributed by atoms with E-state index in [1.807, 2.05) is 18.2 Å². The van der Waals surface area contributed by atoms with Crippen molar-refractivity contribution in [1.29, 1.82) is 0 Å². The fraction of sp³-hybridized carbons (Fsp3) is 0.600. The summed E-state index contributed by atoms with van der Waals surface area (Å²) in [6, 6.07) is 8.05. The van der Waals surface area contributed by atoms with Crippen molar-refractivity contribution in [3.05, 3.63) is 34.9 Å². The molecule has 1 N–H and O–H groups in total. The van der Waals surface area contributed by atoms with Crippen molar-refractivity contribution in [1.82, 2.24) is 10.2 Å². The van der Waals surface area contributed by atoms with Gasteiger partial charge in [-0.1, -0.05) is 29.8 Å². The van der Waals surface area contributed by atoms with Crippen LogP contribution in [0.2, 0.25) is 5.02 Å². The minimum atomic E-state index is 0.863. The van der Waals surface area contributed by atoms with E-state index in [1.54, 1.807) is 0 Å². The maximum Gasteiger partial charge on any atom is 0.0450 e. The SMILES string of the molecule is Clc1ccccc1CNCCCCN1CCCC1. The van der Waals surface area contributed by atoms with Crippen molar-refractivity contribution in [2.45, 2.75) is 32.2 Å². The van der Waals surface area contributed by atoms with Gasteiger partial charge in [-0.05, 0) is 63.5 Å². The second-order valence-corrected chi connectivity index (χ2v) is 5.43. The van der Waals surface area contributed by atoms with E-state index in [1.165, 1.54) is 50.9 Å². The molecule has 3 heteroatoms. The topological polar surface area (TPSA) is 15.3 Å². The molecular formula is C15H23ClN2. The largest absolute Gasteiger partial charge is 0.313 e. The van der Waals surface area contributed by atoms with Crippen molar-refractivity contribution in [3.8, 4) is 0 Å². The van der Waals surface area contributed by atoms with Crippen LogP contribution >= 0.6 is 11.6 Å². The molecule has 0 atom stereocenters. The van der Waals surface area contributed by atoms with Crippen LogP contribution in [0.15, 0.2) is 24.3 Å². The molecule has 1 heterocycles. The maximum absolute atomic E-state index is 6.10. The van der Waals surface area contributed by atoms with Crippen LogP contribution in [-0.4, -0.2) is 31.1 Å². The second kappa shape index (κ2) is 7.78. The van der Waals surface area contributed by atoms with E-state index in [2.05, 4.69) is 16.3 Å². The fourth-order valence-corrected chi connectivity index (χ4v) is 2.66. The first kappa shape index (κ1) is 13.9. The molecular weight excluding hydrogens is 244 g/mol. The Hall–Kier alpha value is -0.570. The standard InChI is InChI=1S/C15H23ClN2/c16-15-8-2-1-7-14(15)13-17-9-3-4-10-18-11-5-6-12-18/h1-2,7-8,17H,3-6,9-13H2. The third-order valence-corrected chi connectivity index (χ3v) is 3.92. The van der Waals surface area contributed by atoms with Gasteiger partial charge >= 0.3 is 0 Å². The summed E-state index contributed by atoms with van der Waals surface area (Å²) in [5, 5.41) is 4.33. The van der Waals surface area contributed by atoms with Crippen LogP contribution in [0.4, 0.5) is 0 Å². The average Bonchev–Trinajstić information content (AvgIpc) is 2.89. The molecule has 1 aromatic carbocycles. The number of hydrogen-bond donors (Lipinski definition) is 1. The zero-order chi connectivity index (χ0) is 12.6. The normalized spacial score (nSPS) is 16.3. The van der Waals surface area contributed by atoms with Crippen LogP contribution in [0.5, 0.6) is 0 Å². The highest BCUT2D eigenvalue weighted by Gasteiger charge is 2.09. The number of nitrogens with one attached hydrogen (secondary N) is 1. The minimum absolute atomic E-state index is 0.863. The number of halogens is 1. The highest BCUT2D eigenvalue weighted by molar-refractivity contribution is 6.31. The van der Waals surface area contributed by atoms with E-state index in [-0.39, 0.29) is 0 Å². The van der Waals surface area contributed by atoms with Gasteiger partial charge in [0.05, 0.1) is 0 Å². The molecule has 1 aliphatic rings. The summed E-state index contributed by atoms with van der Waals surface area (Å²) in [6.07, 6.45) is 5.34. The zero-order valence-corrected chi connectivity index (χ0v) is 11.8. The zero-order valence-electron chi connectivity index (χ0n) is 11.0. The summed E-state index contributed by atoms with van der Waals surface area (Å²) in [6.45, 7) is 5.86. The Morgan fingerprint density at radius 1 is 1.11 bits per heavy atom. The summed E-state index contributed by atoms with van der Waals surface area (Å²) < 4.78 is 0. The number of unbranched alkanes of at least 4 members (excludes halogenated alkanes) is 1. The monoisotopic (exact) mass is 266 g/mol. The Morgan fingerprint density at radius 2 is 1.89 bits per heavy atom. The number of nitrogens with zero attached hydrogens (tertiary/aromatic N) is 1. The van der Waals surface area contributed by atoms with E-state index in [0.29, 0.717) is 0 Å². The first-order valence-corrected chi connectivity index (χ1v) is 7.40. The van der Waals surface area contributed by atoms with E-state index in [9.17, 15) is 0 Å². The molecule has 1 fully saturated rings. The van der Waals surface area contributed by atoms with Gasteiger partial charge in [0.25, 0.3) is 0 Å². The number of benzene rings is 1. The Morgan fingerprint density at radius 3 is 2.67 bits per heavy atom. The summed E-state index contributed by atoms with van der Waals surface area (Å²) >= 11 is 6.10. The minimum Gasteiger partial charge on any atom is -0.313 e. The molecule has 18 heavy (non-hydrogen) atoms. The van der Waals surface area contributed by atoms with Gasteiger partial charge in [-0.25, -0.2) is 0 Å². The lowest BCUT2D eigenvalue weighted by Gasteiger charge is -2.14. The fourth-order valence-electron chi connectivity index (χ4n) is 2.46. The molecule has 0 aromatic heterocycles. The van der Waals surface area contributed by atoms with E-state index in [0.717, 1.165) is 18.1 Å². The molecule has 100 valence electrons. The van der Waals surface area contributed by atoms with Gasteiger partial charge in [0, 0.05) is 11.6 Å². The molecule has 0 amide bonds. The molecule has 1 aromatic rings. The molecule has 0 bridgehead atoms. The molecule has 0 radical (unpaired) electrons. The van der Waals surface area contributed by atoms with Gasteiger partial charge in [0.15, 0.2) is 0 Å². The molecule has 0 spiro atoms. The molecule has 0 saturated carbocycles. The van der Waals surface area contributed by atoms with Crippen LogP contribution in [0, 0.1) is 0 Å². The van der Waals surface area contributed by atoms with Gasteiger partial charge in [-0.15, -0.1) is 0 Å². The first-order valence-electron chi connectivity index (χ1n) is 7.03. The molecule has 1 saturated heterocycles. The van der Waals surface area contributed by atoms with Crippen molar-refractivity contribution in [2.75, 3.05) is 26.2 Å². The highest BCUT2D eigenvalue weighted by Crippen LogP contribution is 2.14. The Balaban J connectivity index is 1.52. The Bertz CT molecular complexity index is 348. The van der Waals surface area contributed by atoms with Crippen LogP contribution in [0.25, 0.3) is 0 Å². The van der Waals surface area contributed by atoms with Gasteiger partial charge in [0.2, 0.25) is 0 Å².